The highest BCUT2D eigenvalue weighted by atomic mass is 16.5. The number of aromatic nitrogens is 2. The van der Waals surface area contributed by atoms with E-state index in [-0.39, 0.29) is 24.3 Å². The van der Waals surface area contributed by atoms with Gasteiger partial charge in [-0.1, -0.05) is 24.3 Å². The van der Waals surface area contributed by atoms with E-state index in [0.29, 0.717) is 76.2 Å². The molecule has 0 aliphatic carbocycles. The van der Waals surface area contributed by atoms with Crippen molar-refractivity contribution in [2.45, 2.75) is 38.6 Å². The minimum absolute atomic E-state index is 0.0147. The molecule has 3 amide bonds. The molecule has 35 heavy (non-hydrogen) atoms. The van der Waals surface area contributed by atoms with E-state index in [2.05, 4.69) is 21.8 Å². The molecule has 1 aromatic carbocycles. The highest BCUT2D eigenvalue weighted by molar-refractivity contribution is 5.96. The number of carbonyl (C=O) groups is 3. The van der Waals surface area contributed by atoms with Crippen molar-refractivity contribution in [2.75, 3.05) is 32.8 Å². The predicted molar refractivity (Wildman–Crippen MR) is 131 cm³/mol. The predicted octanol–water partition coefficient (Wildman–Crippen LogP) is 2.16. The van der Waals surface area contributed by atoms with Gasteiger partial charge in [0.25, 0.3) is 5.91 Å². The molecular weight excluding hydrogens is 446 g/mol. The Balaban J connectivity index is 1.39. The van der Waals surface area contributed by atoms with Crippen LogP contribution in [-0.4, -0.2) is 65.2 Å². The normalized spacial score (nSPS) is 20.3. The number of carbonyl (C=O) groups excluding carboxylic acids is 3. The molecule has 1 aromatic heterocycles. The summed E-state index contributed by atoms with van der Waals surface area (Å²) in [5.74, 6) is 0.419. The van der Waals surface area contributed by atoms with Crippen molar-refractivity contribution >= 4 is 17.7 Å². The van der Waals surface area contributed by atoms with E-state index in [4.69, 9.17) is 4.74 Å². The first-order valence-corrected chi connectivity index (χ1v) is 12.3. The van der Waals surface area contributed by atoms with Crippen LogP contribution in [0.25, 0.3) is 0 Å². The fourth-order valence-electron chi connectivity index (χ4n) is 4.56. The number of benzene rings is 1. The lowest BCUT2D eigenvalue weighted by Crippen LogP contribution is -2.50. The molecule has 2 aliphatic rings. The minimum atomic E-state index is -0.549. The molecule has 9 nitrogen and oxygen atoms in total. The third-order valence-electron chi connectivity index (χ3n) is 6.69. The number of nitrogens with one attached hydrogen (secondary N) is 2. The minimum Gasteiger partial charge on any atom is -0.492 e. The number of piperidine rings is 1. The van der Waals surface area contributed by atoms with Crippen LogP contribution >= 0.6 is 0 Å². The SMILES string of the molecule is O=C1NCCCNC(=O)C2(C/C=C/CCOc3ccccc31)CCN(C(=O)Cn1cccn1)CC2. The summed E-state index contributed by atoms with van der Waals surface area (Å²) in [7, 11) is 0. The molecule has 0 unspecified atom stereocenters. The maximum atomic E-state index is 13.3. The number of hydrogen-bond acceptors (Lipinski definition) is 5. The molecule has 1 fully saturated rings. The maximum Gasteiger partial charge on any atom is 0.255 e. The Morgan fingerprint density at radius 2 is 1.86 bits per heavy atom. The smallest absolute Gasteiger partial charge is 0.255 e. The van der Waals surface area contributed by atoms with Gasteiger partial charge in [-0.3, -0.25) is 19.1 Å². The van der Waals surface area contributed by atoms with Crippen molar-refractivity contribution in [2.24, 2.45) is 5.41 Å². The summed E-state index contributed by atoms with van der Waals surface area (Å²) in [4.78, 5) is 40.3. The molecule has 4 rings (SSSR count). The molecule has 1 spiro atoms. The van der Waals surface area contributed by atoms with Gasteiger partial charge in [0.1, 0.15) is 12.3 Å². The Morgan fingerprint density at radius 3 is 2.66 bits per heavy atom. The lowest BCUT2D eigenvalue weighted by atomic mass is 9.74. The van der Waals surface area contributed by atoms with Gasteiger partial charge in [0, 0.05) is 38.6 Å². The third-order valence-corrected chi connectivity index (χ3v) is 6.69. The van der Waals surface area contributed by atoms with Gasteiger partial charge < -0.3 is 20.3 Å². The largest absolute Gasteiger partial charge is 0.492 e. The molecule has 0 radical (unpaired) electrons. The Morgan fingerprint density at radius 1 is 1.06 bits per heavy atom. The summed E-state index contributed by atoms with van der Waals surface area (Å²) >= 11 is 0. The average Bonchev–Trinajstić information content (AvgIpc) is 3.38. The molecule has 0 saturated carbocycles. The van der Waals surface area contributed by atoms with Crippen molar-refractivity contribution < 1.29 is 19.1 Å². The molecule has 0 atom stereocenters. The molecule has 186 valence electrons. The van der Waals surface area contributed by atoms with Crippen LogP contribution in [0.2, 0.25) is 0 Å². The first-order chi connectivity index (χ1) is 17.1. The Hall–Kier alpha value is -3.62. The fraction of sp³-hybridized carbons (Fsp3) is 0.462. The van der Waals surface area contributed by atoms with Gasteiger partial charge in [0.05, 0.1) is 17.6 Å². The summed E-state index contributed by atoms with van der Waals surface area (Å²) in [6, 6.07) is 9.02. The quantitative estimate of drug-likeness (QED) is 0.642. The van der Waals surface area contributed by atoms with Gasteiger partial charge in [-0.25, -0.2) is 0 Å². The number of rotatable bonds is 2. The number of hydrogen-bond donors (Lipinski definition) is 2. The zero-order chi connectivity index (χ0) is 24.5. The van der Waals surface area contributed by atoms with Gasteiger partial charge in [-0.05, 0) is 50.3 Å². The summed E-state index contributed by atoms with van der Waals surface area (Å²) < 4.78 is 7.48. The van der Waals surface area contributed by atoms with Crippen LogP contribution in [-0.2, 0) is 16.1 Å². The van der Waals surface area contributed by atoms with Crippen molar-refractivity contribution in [1.29, 1.82) is 0 Å². The Labute approximate surface area is 205 Å². The van der Waals surface area contributed by atoms with Crippen LogP contribution in [0.4, 0.5) is 0 Å². The Kier molecular flexibility index (Phi) is 8.18. The van der Waals surface area contributed by atoms with Crippen molar-refractivity contribution in [1.82, 2.24) is 25.3 Å². The number of para-hydroxylation sites is 1. The van der Waals surface area contributed by atoms with Gasteiger partial charge in [0.15, 0.2) is 0 Å². The summed E-state index contributed by atoms with van der Waals surface area (Å²) in [6.07, 6.45) is 10.6. The highest BCUT2D eigenvalue weighted by Crippen LogP contribution is 2.36. The number of fused-ring (bicyclic) bond motifs is 1. The number of likely N-dealkylation sites (tertiary alicyclic amines) is 1. The molecule has 2 aromatic rings. The first kappa shape index (κ1) is 24.5. The van der Waals surface area contributed by atoms with E-state index < -0.39 is 5.41 Å². The van der Waals surface area contributed by atoms with Gasteiger partial charge in [-0.15, -0.1) is 0 Å². The van der Waals surface area contributed by atoms with Gasteiger partial charge in [-0.2, -0.15) is 5.10 Å². The van der Waals surface area contributed by atoms with Crippen LogP contribution in [0, 0.1) is 5.41 Å². The lowest BCUT2D eigenvalue weighted by Gasteiger charge is -2.40. The average molecular weight is 480 g/mol. The molecule has 2 aliphatic heterocycles. The second-order valence-corrected chi connectivity index (χ2v) is 9.04. The van der Waals surface area contributed by atoms with Crippen LogP contribution in [0.1, 0.15) is 42.5 Å². The van der Waals surface area contributed by atoms with Crippen LogP contribution in [0.15, 0.2) is 54.9 Å². The second-order valence-electron chi connectivity index (χ2n) is 9.04. The van der Waals surface area contributed by atoms with Crippen LogP contribution in [0.5, 0.6) is 5.75 Å². The Bertz CT molecular complexity index is 1040. The van der Waals surface area contributed by atoms with Gasteiger partial charge in [0.2, 0.25) is 11.8 Å². The first-order valence-electron chi connectivity index (χ1n) is 12.3. The van der Waals surface area contributed by atoms with Crippen LogP contribution in [0.3, 0.4) is 0 Å². The fourth-order valence-corrected chi connectivity index (χ4v) is 4.56. The molecular formula is C26H33N5O4. The topological polar surface area (TPSA) is 106 Å². The standard InChI is InChI=1S/C26H33N5O4/c32-23(20-31-16-7-15-29-31)30-17-11-26(12-18-30)10-4-1-5-19-35-22-9-3-2-8-21(22)24(33)27-13-6-14-28-25(26)34/h1-4,7-9,15-16H,5-6,10-14,17-20H2,(H,27,33)(H,28,34)/b4-1+. The number of ether oxygens (including phenoxy) is 1. The third kappa shape index (κ3) is 6.29. The van der Waals surface area contributed by atoms with E-state index in [9.17, 15) is 14.4 Å². The molecule has 1 saturated heterocycles. The summed E-state index contributed by atoms with van der Waals surface area (Å²) in [5, 5.41) is 10.1. The van der Waals surface area contributed by atoms with Gasteiger partial charge >= 0.3 is 0 Å². The lowest BCUT2D eigenvalue weighted by molar-refractivity contribution is -0.141. The highest BCUT2D eigenvalue weighted by Gasteiger charge is 2.41. The van der Waals surface area contributed by atoms with Crippen molar-refractivity contribution in [3.05, 3.63) is 60.4 Å². The van der Waals surface area contributed by atoms with Crippen molar-refractivity contribution in [3.63, 3.8) is 0 Å². The summed E-state index contributed by atoms with van der Waals surface area (Å²) in [5.41, 5.74) is -0.0346. The van der Waals surface area contributed by atoms with E-state index in [0.717, 1.165) is 0 Å². The number of allylic oxidation sites excluding steroid dienone is 1. The zero-order valence-electron chi connectivity index (χ0n) is 19.9. The zero-order valence-corrected chi connectivity index (χ0v) is 19.9. The number of nitrogens with zero attached hydrogens (tertiary/aromatic N) is 3. The summed E-state index contributed by atoms with van der Waals surface area (Å²) in [6.45, 7) is 2.66. The van der Waals surface area contributed by atoms with E-state index in [1.807, 2.05) is 23.1 Å². The van der Waals surface area contributed by atoms with Crippen LogP contribution < -0.4 is 15.4 Å². The molecule has 0 bridgehead atoms. The molecule has 3 heterocycles. The second kappa shape index (κ2) is 11.7. The maximum absolute atomic E-state index is 13.3. The van der Waals surface area contributed by atoms with E-state index in [1.165, 1.54) is 0 Å². The molecule has 9 heteroatoms. The van der Waals surface area contributed by atoms with E-state index in [1.54, 1.807) is 35.3 Å². The molecule has 2 N–H and O–H groups in total. The number of amides is 3. The van der Waals surface area contributed by atoms with E-state index >= 15 is 0 Å². The monoisotopic (exact) mass is 479 g/mol. The van der Waals surface area contributed by atoms with Crippen molar-refractivity contribution in [3.8, 4) is 5.75 Å².